The number of nitrogens with zero attached hydrogens (tertiary/aromatic N) is 5. The molecule has 2 aliphatic rings. The van der Waals surface area contributed by atoms with Gasteiger partial charge >= 0.3 is 0 Å². The number of aromatic nitrogens is 3. The van der Waals surface area contributed by atoms with Gasteiger partial charge in [0.2, 0.25) is 0 Å². The van der Waals surface area contributed by atoms with Crippen molar-refractivity contribution >= 4 is 11.7 Å². The summed E-state index contributed by atoms with van der Waals surface area (Å²) >= 11 is 0. The quantitative estimate of drug-likeness (QED) is 0.596. The van der Waals surface area contributed by atoms with E-state index in [1.807, 2.05) is 41.3 Å². The Morgan fingerprint density at radius 2 is 1.82 bits per heavy atom. The fraction of sp³-hybridized carbons (Fsp3) is 0.360. The number of anilines is 1. The van der Waals surface area contributed by atoms with E-state index in [-0.39, 0.29) is 11.9 Å². The Labute approximate surface area is 193 Å². The number of benzene rings is 1. The summed E-state index contributed by atoms with van der Waals surface area (Å²) in [6, 6.07) is 13.2. The van der Waals surface area contributed by atoms with Crippen molar-refractivity contribution in [2.45, 2.75) is 18.9 Å². The number of methoxy groups -OCH3 is 1. The van der Waals surface area contributed by atoms with Crippen molar-refractivity contribution < 1.29 is 14.3 Å². The van der Waals surface area contributed by atoms with Crippen molar-refractivity contribution in [3.63, 3.8) is 0 Å². The molecule has 8 heteroatoms. The zero-order chi connectivity index (χ0) is 22.6. The van der Waals surface area contributed by atoms with Gasteiger partial charge in [0.15, 0.2) is 5.82 Å². The van der Waals surface area contributed by atoms with Gasteiger partial charge < -0.3 is 19.3 Å². The van der Waals surface area contributed by atoms with E-state index in [4.69, 9.17) is 14.5 Å². The molecule has 3 aromatic rings. The second-order valence-electron chi connectivity index (χ2n) is 8.19. The molecule has 5 rings (SSSR count). The number of pyridine rings is 1. The standard InChI is InChI=1S/C25H27N5O3/c1-32-20-6-4-18(5-7-20)24-27-11-9-21(28-24)22-3-2-12-30(22)25(31)19-8-10-26-23(17-19)29-13-15-33-16-14-29/h4-11,17,22H,2-3,12-16H2,1H3/t22-/m0/s1. The van der Waals surface area contributed by atoms with Crippen LogP contribution in [0.2, 0.25) is 0 Å². The topological polar surface area (TPSA) is 80.7 Å². The van der Waals surface area contributed by atoms with Gasteiger partial charge in [-0.05, 0) is 55.3 Å². The number of carbonyl (C=O) groups excluding carboxylic acids is 1. The molecule has 2 saturated heterocycles. The molecule has 4 heterocycles. The second kappa shape index (κ2) is 9.54. The molecule has 170 valence electrons. The van der Waals surface area contributed by atoms with Gasteiger partial charge in [-0.1, -0.05) is 0 Å². The smallest absolute Gasteiger partial charge is 0.254 e. The van der Waals surface area contributed by atoms with Gasteiger partial charge in [-0.3, -0.25) is 4.79 Å². The maximum absolute atomic E-state index is 13.5. The lowest BCUT2D eigenvalue weighted by Crippen LogP contribution is -2.37. The van der Waals surface area contributed by atoms with Crippen molar-refractivity contribution in [1.82, 2.24) is 19.9 Å². The first-order valence-corrected chi connectivity index (χ1v) is 11.3. The van der Waals surface area contributed by atoms with Gasteiger partial charge in [0.05, 0.1) is 32.1 Å². The summed E-state index contributed by atoms with van der Waals surface area (Å²) in [5.41, 5.74) is 2.43. The van der Waals surface area contributed by atoms with Crippen LogP contribution in [0.15, 0.2) is 54.9 Å². The van der Waals surface area contributed by atoms with Crippen LogP contribution in [0.3, 0.4) is 0 Å². The average Bonchev–Trinajstić information content (AvgIpc) is 3.39. The molecule has 0 unspecified atom stereocenters. The van der Waals surface area contributed by atoms with Gasteiger partial charge in [0, 0.05) is 43.2 Å². The van der Waals surface area contributed by atoms with E-state index in [1.165, 1.54) is 0 Å². The molecule has 1 amide bonds. The number of carbonyl (C=O) groups is 1. The van der Waals surface area contributed by atoms with E-state index < -0.39 is 0 Å². The van der Waals surface area contributed by atoms with Crippen LogP contribution >= 0.6 is 0 Å². The first kappa shape index (κ1) is 21.3. The first-order chi connectivity index (χ1) is 16.2. The molecule has 0 aliphatic carbocycles. The molecule has 0 N–H and O–H groups in total. The van der Waals surface area contributed by atoms with E-state index in [2.05, 4.69) is 14.9 Å². The molecule has 1 atom stereocenters. The number of amides is 1. The number of rotatable bonds is 5. The van der Waals surface area contributed by atoms with Crippen LogP contribution in [0.25, 0.3) is 11.4 Å². The van der Waals surface area contributed by atoms with E-state index in [0.29, 0.717) is 31.1 Å². The van der Waals surface area contributed by atoms with E-state index in [9.17, 15) is 4.79 Å². The van der Waals surface area contributed by atoms with Gasteiger partial charge in [0.25, 0.3) is 5.91 Å². The zero-order valence-corrected chi connectivity index (χ0v) is 18.7. The Morgan fingerprint density at radius 3 is 2.61 bits per heavy atom. The number of ether oxygens (including phenoxy) is 2. The minimum atomic E-state index is -0.0718. The lowest BCUT2D eigenvalue weighted by molar-refractivity contribution is 0.0732. The summed E-state index contributed by atoms with van der Waals surface area (Å²) in [4.78, 5) is 31.3. The zero-order valence-electron chi connectivity index (χ0n) is 18.7. The van der Waals surface area contributed by atoms with Crippen LogP contribution in [0.1, 0.15) is 34.9 Å². The van der Waals surface area contributed by atoms with Gasteiger partial charge in [0.1, 0.15) is 11.6 Å². The van der Waals surface area contributed by atoms with Crippen LogP contribution in [-0.4, -0.2) is 65.7 Å². The molecule has 0 saturated carbocycles. The van der Waals surface area contributed by atoms with E-state index in [0.717, 1.165) is 48.8 Å². The molecule has 2 aromatic heterocycles. The average molecular weight is 446 g/mol. The number of likely N-dealkylation sites (tertiary alicyclic amines) is 1. The van der Waals surface area contributed by atoms with Crippen molar-refractivity contribution in [2.75, 3.05) is 44.9 Å². The Kier molecular flexibility index (Phi) is 6.17. The Balaban J connectivity index is 1.37. The largest absolute Gasteiger partial charge is 0.497 e. The highest BCUT2D eigenvalue weighted by Crippen LogP contribution is 2.33. The van der Waals surface area contributed by atoms with Crippen LogP contribution < -0.4 is 9.64 Å². The van der Waals surface area contributed by atoms with Crippen molar-refractivity contribution in [3.05, 3.63) is 66.1 Å². The first-order valence-electron chi connectivity index (χ1n) is 11.3. The summed E-state index contributed by atoms with van der Waals surface area (Å²) < 4.78 is 10.7. The molecule has 2 fully saturated rings. The van der Waals surface area contributed by atoms with Crippen molar-refractivity contribution in [3.8, 4) is 17.1 Å². The lowest BCUT2D eigenvalue weighted by atomic mass is 10.1. The molecule has 33 heavy (non-hydrogen) atoms. The molecule has 1 aromatic carbocycles. The highest BCUT2D eigenvalue weighted by molar-refractivity contribution is 5.95. The lowest BCUT2D eigenvalue weighted by Gasteiger charge is -2.28. The van der Waals surface area contributed by atoms with E-state index in [1.54, 1.807) is 25.6 Å². The summed E-state index contributed by atoms with van der Waals surface area (Å²) in [7, 11) is 1.64. The van der Waals surface area contributed by atoms with Gasteiger partial charge in [-0.2, -0.15) is 0 Å². The van der Waals surface area contributed by atoms with Crippen LogP contribution in [0.4, 0.5) is 5.82 Å². The molecule has 8 nitrogen and oxygen atoms in total. The minimum Gasteiger partial charge on any atom is -0.497 e. The number of hydrogen-bond donors (Lipinski definition) is 0. The predicted octanol–water partition coefficient (Wildman–Crippen LogP) is 3.36. The Bertz CT molecular complexity index is 1120. The minimum absolute atomic E-state index is 0.0130. The Hall–Kier alpha value is -3.52. The summed E-state index contributed by atoms with van der Waals surface area (Å²) in [5.74, 6) is 2.27. The van der Waals surface area contributed by atoms with Crippen molar-refractivity contribution in [2.24, 2.45) is 0 Å². The third kappa shape index (κ3) is 4.52. The van der Waals surface area contributed by atoms with Crippen LogP contribution in [0, 0.1) is 0 Å². The van der Waals surface area contributed by atoms with Crippen LogP contribution in [0.5, 0.6) is 5.75 Å². The Morgan fingerprint density at radius 1 is 1.03 bits per heavy atom. The fourth-order valence-corrected chi connectivity index (χ4v) is 4.44. The molecule has 0 spiro atoms. The SMILES string of the molecule is COc1ccc(-c2nccc([C@@H]3CCCN3C(=O)c3ccnc(N4CCOCC4)c3)n2)cc1. The number of morpholine rings is 1. The highest BCUT2D eigenvalue weighted by Gasteiger charge is 2.32. The third-order valence-corrected chi connectivity index (χ3v) is 6.21. The summed E-state index contributed by atoms with van der Waals surface area (Å²) in [6.07, 6.45) is 5.31. The van der Waals surface area contributed by atoms with Crippen LogP contribution in [-0.2, 0) is 4.74 Å². The van der Waals surface area contributed by atoms with Gasteiger partial charge in [-0.25, -0.2) is 15.0 Å². The fourth-order valence-electron chi connectivity index (χ4n) is 4.44. The molecule has 2 aliphatic heterocycles. The monoisotopic (exact) mass is 445 g/mol. The molecule has 0 radical (unpaired) electrons. The molecular weight excluding hydrogens is 418 g/mol. The number of hydrogen-bond acceptors (Lipinski definition) is 7. The molecule has 0 bridgehead atoms. The highest BCUT2D eigenvalue weighted by atomic mass is 16.5. The van der Waals surface area contributed by atoms with E-state index >= 15 is 0 Å². The normalized spacial score (nSPS) is 18.4. The summed E-state index contributed by atoms with van der Waals surface area (Å²) in [6.45, 7) is 3.63. The van der Waals surface area contributed by atoms with Gasteiger partial charge in [-0.15, -0.1) is 0 Å². The maximum Gasteiger partial charge on any atom is 0.254 e. The van der Waals surface area contributed by atoms with Crippen molar-refractivity contribution in [1.29, 1.82) is 0 Å². The predicted molar refractivity (Wildman–Crippen MR) is 124 cm³/mol. The second-order valence-corrected chi connectivity index (χ2v) is 8.19. The molecular formula is C25H27N5O3. The summed E-state index contributed by atoms with van der Waals surface area (Å²) in [5, 5.41) is 0. The third-order valence-electron chi connectivity index (χ3n) is 6.21. The maximum atomic E-state index is 13.5.